The van der Waals surface area contributed by atoms with Crippen molar-refractivity contribution in [3.8, 4) is 5.75 Å². The Morgan fingerprint density at radius 3 is 2.47 bits per heavy atom. The second-order valence-corrected chi connectivity index (χ2v) is 4.53. The third kappa shape index (κ3) is 3.84. The van der Waals surface area contributed by atoms with Crippen molar-refractivity contribution >= 4 is 12.4 Å². The molecule has 1 atom stereocenters. The van der Waals surface area contributed by atoms with E-state index in [1.165, 1.54) is 0 Å². The highest BCUT2D eigenvalue weighted by Gasteiger charge is 2.18. The number of aliphatic hydroxyl groups is 1. The first kappa shape index (κ1) is 16.2. The van der Waals surface area contributed by atoms with Crippen LogP contribution in [0, 0.1) is 12.8 Å². The number of nitrogens with two attached hydrogens (primary N) is 1. The number of rotatable bonds is 4. The topological polar surface area (TPSA) is 79.4 Å². The minimum Gasteiger partial charge on any atom is -0.506 e. The molecule has 17 heavy (non-hydrogen) atoms. The third-order valence-corrected chi connectivity index (χ3v) is 2.62. The molecule has 1 aromatic rings. The Hall–Kier alpha value is -0.840. The van der Waals surface area contributed by atoms with Crippen molar-refractivity contribution in [1.82, 2.24) is 4.98 Å². The minimum atomic E-state index is -0.260. The molecule has 1 heterocycles. The predicted octanol–water partition coefficient (Wildman–Crippen LogP) is 2.06. The van der Waals surface area contributed by atoms with Gasteiger partial charge in [0.05, 0.1) is 12.3 Å². The second-order valence-electron chi connectivity index (χ2n) is 4.53. The van der Waals surface area contributed by atoms with Crippen LogP contribution < -0.4 is 5.73 Å². The molecule has 5 heteroatoms. The van der Waals surface area contributed by atoms with Crippen molar-refractivity contribution in [3.63, 3.8) is 0 Å². The molecule has 0 amide bonds. The van der Waals surface area contributed by atoms with Gasteiger partial charge in [0, 0.05) is 23.4 Å². The summed E-state index contributed by atoms with van der Waals surface area (Å²) in [7, 11) is 0. The zero-order chi connectivity index (χ0) is 12.3. The van der Waals surface area contributed by atoms with Gasteiger partial charge in [-0.15, -0.1) is 12.4 Å². The van der Waals surface area contributed by atoms with E-state index in [1.54, 1.807) is 13.1 Å². The number of nitrogens with zero attached hydrogens (tertiary/aromatic N) is 1. The molecule has 1 aromatic heterocycles. The first-order valence-electron chi connectivity index (χ1n) is 5.51. The summed E-state index contributed by atoms with van der Waals surface area (Å²) in [6.45, 7) is 5.72. The molecule has 0 saturated heterocycles. The standard InChI is InChI=1S/C12H20N2O2.ClH/c1-7(2)4-10(13)11-9(6-15)5-14-8(3)12(11)16;/h5,7,10,15-16H,4,6,13H2,1-3H3;1H/t10-;/m0./s1. The van der Waals surface area contributed by atoms with E-state index in [1.807, 2.05) is 0 Å². The van der Waals surface area contributed by atoms with Gasteiger partial charge in [-0.2, -0.15) is 0 Å². The smallest absolute Gasteiger partial charge is 0.141 e. The second kappa shape index (κ2) is 6.79. The van der Waals surface area contributed by atoms with Crippen molar-refractivity contribution in [3.05, 3.63) is 23.0 Å². The van der Waals surface area contributed by atoms with Crippen LogP contribution in [0.15, 0.2) is 6.20 Å². The zero-order valence-electron chi connectivity index (χ0n) is 10.5. The van der Waals surface area contributed by atoms with Crippen LogP contribution in [0.25, 0.3) is 0 Å². The molecule has 0 unspecified atom stereocenters. The maximum atomic E-state index is 9.94. The molecule has 0 saturated carbocycles. The molecule has 0 spiro atoms. The average molecular weight is 261 g/mol. The van der Waals surface area contributed by atoms with Crippen molar-refractivity contribution < 1.29 is 10.2 Å². The Morgan fingerprint density at radius 1 is 1.41 bits per heavy atom. The van der Waals surface area contributed by atoms with E-state index in [9.17, 15) is 10.2 Å². The number of aliphatic hydroxyl groups excluding tert-OH is 1. The van der Waals surface area contributed by atoms with Crippen LogP contribution in [0.2, 0.25) is 0 Å². The van der Waals surface area contributed by atoms with Crippen molar-refractivity contribution in [2.24, 2.45) is 11.7 Å². The van der Waals surface area contributed by atoms with Gasteiger partial charge < -0.3 is 15.9 Å². The molecule has 1 rings (SSSR count). The van der Waals surface area contributed by atoms with Gasteiger partial charge in [-0.05, 0) is 19.3 Å². The summed E-state index contributed by atoms with van der Waals surface area (Å²) in [5, 5.41) is 19.1. The molecule has 4 N–H and O–H groups in total. The molecular formula is C12H21ClN2O2. The van der Waals surface area contributed by atoms with Gasteiger partial charge in [-0.25, -0.2) is 0 Å². The maximum absolute atomic E-state index is 9.94. The van der Waals surface area contributed by atoms with Crippen LogP contribution in [0.4, 0.5) is 0 Å². The van der Waals surface area contributed by atoms with E-state index in [0.29, 0.717) is 22.7 Å². The molecule has 0 aliphatic carbocycles. The first-order valence-corrected chi connectivity index (χ1v) is 5.51. The highest BCUT2D eigenvalue weighted by molar-refractivity contribution is 5.85. The van der Waals surface area contributed by atoms with Crippen LogP contribution in [0.1, 0.15) is 43.1 Å². The summed E-state index contributed by atoms with van der Waals surface area (Å²) < 4.78 is 0. The van der Waals surface area contributed by atoms with Gasteiger partial charge in [0.1, 0.15) is 5.75 Å². The number of pyridine rings is 1. The zero-order valence-corrected chi connectivity index (χ0v) is 11.3. The quantitative estimate of drug-likeness (QED) is 0.774. The molecule has 0 aliphatic heterocycles. The van der Waals surface area contributed by atoms with Crippen molar-refractivity contribution in [2.75, 3.05) is 0 Å². The Kier molecular flexibility index (Phi) is 6.45. The average Bonchev–Trinajstić information content (AvgIpc) is 2.20. The van der Waals surface area contributed by atoms with E-state index >= 15 is 0 Å². The molecule has 0 aliphatic rings. The molecule has 0 aromatic carbocycles. The maximum Gasteiger partial charge on any atom is 0.141 e. The van der Waals surface area contributed by atoms with Crippen LogP contribution in [0.3, 0.4) is 0 Å². The number of halogens is 1. The van der Waals surface area contributed by atoms with E-state index in [-0.39, 0.29) is 30.8 Å². The summed E-state index contributed by atoms with van der Waals surface area (Å²) in [6.07, 6.45) is 2.34. The fourth-order valence-electron chi connectivity index (χ4n) is 1.82. The summed E-state index contributed by atoms with van der Waals surface area (Å²) >= 11 is 0. The summed E-state index contributed by atoms with van der Waals surface area (Å²) in [5.74, 6) is 0.550. The number of aromatic nitrogens is 1. The highest BCUT2D eigenvalue weighted by atomic mass is 35.5. The van der Waals surface area contributed by atoms with Gasteiger partial charge in [-0.1, -0.05) is 13.8 Å². The lowest BCUT2D eigenvalue weighted by Crippen LogP contribution is -2.16. The molecule has 0 bridgehead atoms. The van der Waals surface area contributed by atoms with Crippen LogP contribution >= 0.6 is 12.4 Å². The fourth-order valence-corrected chi connectivity index (χ4v) is 1.82. The molecule has 4 nitrogen and oxygen atoms in total. The largest absolute Gasteiger partial charge is 0.506 e. The fraction of sp³-hybridized carbons (Fsp3) is 0.583. The Balaban J connectivity index is 0.00000256. The highest BCUT2D eigenvalue weighted by Crippen LogP contribution is 2.31. The number of hydrogen-bond donors (Lipinski definition) is 3. The van der Waals surface area contributed by atoms with Gasteiger partial charge in [0.2, 0.25) is 0 Å². The number of aromatic hydroxyl groups is 1. The predicted molar refractivity (Wildman–Crippen MR) is 70.2 cm³/mol. The summed E-state index contributed by atoms with van der Waals surface area (Å²) in [4.78, 5) is 4.01. The molecule has 0 radical (unpaired) electrons. The molecule has 98 valence electrons. The summed E-state index contributed by atoms with van der Waals surface area (Å²) in [6, 6.07) is -0.260. The first-order chi connectivity index (χ1) is 7.47. The number of hydrogen-bond acceptors (Lipinski definition) is 4. The Bertz CT molecular complexity index is 370. The van der Waals surface area contributed by atoms with E-state index in [4.69, 9.17) is 5.73 Å². The Morgan fingerprint density at radius 2 is 2.00 bits per heavy atom. The third-order valence-electron chi connectivity index (χ3n) is 2.62. The van der Waals surface area contributed by atoms with Crippen LogP contribution in [-0.4, -0.2) is 15.2 Å². The van der Waals surface area contributed by atoms with Crippen LogP contribution in [0.5, 0.6) is 5.75 Å². The lowest BCUT2D eigenvalue weighted by Gasteiger charge is -2.19. The minimum absolute atomic E-state index is 0. The Labute approximate surface area is 108 Å². The molecule has 0 fully saturated rings. The monoisotopic (exact) mass is 260 g/mol. The number of aryl methyl sites for hydroxylation is 1. The summed E-state index contributed by atoms with van der Waals surface area (Å²) in [5.41, 5.74) is 7.83. The van der Waals surface area contributed by atoms with Gasteiger partial charge in [-0.3, -0.25) is 4.98 Å². The van der Waals surface area contributed by atoms with E-state index < -0.39 is 0 Å². The van der Waals surface area contributed by atoms with Crippen LogP contribution in [-0.2, 0) is 6.61 Å². The van der Waals surface area contributed by atoms with Gasteiger partial charge in [0.15, 0.2) is 0 Å². The SMILES string of the molecule is Cc1ncc(CO)c([C@@H](N)CC(C)C)c1O.Cl. The van der Waals surface area contributed by atoms with E-state index in [0.717, 1.165) is 6.42 Å². The van der Waals surface area contributed by atoms with Gasteiger partial charge in [0.25, 0.3) is 0 Å². The molecular weight excluding hydrogens is 240 g/mol. The van der Waals surface area contributed by atoms with Crippen molar-refractivity contribution in [1.29, 1.82) is 0 Å². The lowest BCUT2D eigenvalue weighted by molar-refractivity contribution is 0.277. The van der Waals surface area contributed by atoms with Gasteiger partial charge >= 0.3 is 0 Å². The normalized spacial score (nSPS) is 12.4. The van der Waals surface area contributed by atoms with Crippen molar-refractivity contribution in [2.45, 2.75) is 39.8 Å². The van der Waals surface area contributed by atoms with E-state index in [2.05, 4.69) is 18.8 Å². The lowest BCUT2D eigenvalue weighted by atomic mass is 9.94.